The summed E-state index contributed by atoms with van der Waals surface area (Å²) in [7, 11) is -4.31. The van der Waals surface area contributed by atoms with Gasteiger partial charge < -0.3 is 0 Å². The molecular formula is C15H13F3N2O4S. The van der Waals surface area contributed by atoms with E-state index in [9.17, 15) is 31.7 Å². The largest absolute Gasteiger partial charge is 0.416 e. The topological polar surface area (TPSA) is 89.3 Å². The highest BCUT2D eigenvalue weighted by atomic mass is 32.2. The summed E-state index contributed by atoms with van der Waals surface area (Å²) in [6, 6.07) is 5.77. The molecule has 6 nitrogen and oxygen atoms in total. The molecule has 134 valence electrons. The Hall–Kier alpha value is -2.62. The molecule has 0 saturated heterocycles. The number of alkyl halides is 3. The van der Waals surface area contributed by atoms with Gasteiger partial charge in [0.2, 0.25) is 0 Å². The Morgan fingerprint density at radius 1 is 1.12 bits per heavy atom. The summed E-state index contributed by atoms with van der Waals surface area (Å²) in [6.07, 6.45) is -4.63. The third-order valence-electron chi connectivity index (χ3n) is 3.55. The van der Waals surface area contributed by atoms with Crippen molar-refractivity contribution in [2.24, 2.45) is 0 Å². The van der Waals surface area contributed by atoms with E-state index in [1.165, 1.54) is 19.9 Å². The van der Waals surface area contributed by atoms with Crippen molar-refractivity contribution in [3.8, 4) is 0 Å². The van der Waals surface area contributed by atoms with E-state index in [0.717, 1.165) is 24.3 Å². The minimum absolute atomic E-state index is 0.269. The fourth-order valence-corrected chi connectivity index (χ4v) is 3.55. The molecular weight excluding hydrogens is 361 g/mol. The molecule has 0 spiro atoms. The number of nitro groups is 1. The van der Waals surface area contributed by atoms with Crippen LogP contribution in [-0.2, 0) is 16.2 Å². The fourth-order valence-electron chi connectivity index (χ4n) is 2.16. The molecule has 10 heteroatoms. The van der Waals surface area contributed by atoms with E-state index in [0.29, 0.717) is 11.6 Å². The molecule has 0 radical (unpaired) electrons. The van der Waals surface area contributed by atoms with Gasteiger partial charge in [-0.2, -0.15) is 13.2 Å². The number of halogens is 3. The van der Waals surface area contributed by atoms with Gasteiger partial charge in [0.15, 0.2) is 0 Å². The highest BCUT2D eigenvalue weighted by Gasteiger charge is 2.31. The number of nitro benzene ring substituents is 1. The summed E-state index contributed by atoms with van der Waals surface area (Å²) >= 11 is 0. The van der Waals surface area contributed by atoms with Crippen LogP contribution < -0.4 is 4.72 Å². The number of anilines is 1. The van der Waals surface area contributed by atoms with E-state index >= 15 is 0 Å². The third-order valence-corrected chi connectivity index (χ3v) is 5.05. The second-order valence-corrected chi connectivity index (χ2v) is 6.98. The van der Waals surface area contributed by atoms with Gasteiger partial charge in [-0.25, -0.2) is 8.42 Å². The van der Waals surface area contributed by atoms with Crippen molar-refractivity contribution >= 4 is 21.4 Å². The first-order valence-electron chi connectivity index (χ1n) is 6.87. The molecule has 2 aromatic carbocycles. The Labute approximate surface area is 141 Å². The van der Waals surface area contributed by atoms with E-state index in [2.05, 4.69) is 0 Å². The van der Waals surface area contributed by atoms with Crippen LogP contribution in [0.15, 0.2) is 41.3 Å². The molecule has 0 aliphatic carbocycles. The molecule has 0 amide bonds. The minimum atomic E-state index is -4.63. The van der Waals surface area contributed by atoms with Gasteiger partial charge in [-0.15, -0.1) is 0 Å². The number of nitrogens with zero attached hydrogens (tertiary/aromatic N) is 1. The highest BCUT2D eigenvalue weighted by Crippen LogP contribution is 2.32. The Balaban J connectivity index is 2.49. The van der Waals surface area contributed by atoms with Crippen LogP contribution in [-0.4, -0.2) is 13.3 Å². The average Bonchev–Trinajstić information content (AvgIpc) is 2.48. The van der Waals surface area contributed by atoms with E-state index < -0.39 is 32.4 Å². The first-order valence-corrected chi connectivity index (χ1v) is 8.36. The smallest absolute Gasteiger partial charge is 0.280 e. The zero-order valence-electron chi connectivity index (χ0n) is 13.1. The molecule has 0 aliphatic heterocycles. The molecule has 0 aliphatic rings. The number of nitrogens with one attached hydrogen (secondary N) is 1. The predicted molar refractivity (Wildman–Crippen MR) is 84.8 cm³/mol. The van der Waals surface area contributed by atoms with Crippen molar-refractivity contribution in [1.29, 1.82) is 0 Å². The minimum Gasteiger partial charge on any atom is -0.280 e. The Morgan fingerprint density at radius 2 is 1.76 bits per heavy atom. The number of hydrogen-bond donors (Lipinski definition) is 1. The second kappa shape index (κ2) is 6.36. The van der Waals surface area contributed by atoms with Gasteiger partial charge in [0.1, 0.15) is 0 Å². The summed E-state index contributed by atoms with van der Waals surface area (Å²) in [4.78, 5) is 9.82. The Bertz CT molecular complexity index is 940. The number of benzene rings is 2. The number of sulfonamides is 1. The summed E-state index contributed by atoms with van der Waals surface area (Å²) in [5.74, 6) is 0. The van der Waals surface area contributed by atoms with Crippen molar-refractivity contribution in [2.75, 3.05) is 4.72 Å². The van der Waals surface area contributed by atoms with Crippen LogP contribution in [0.3, 0.4) is 0 Å². The van der Waals surface area contributed by atoms with E-state index in [-0.39, 0.29) is 16.1 Å². The normalized spacial score (nSPS) is 12.0. The molecule has 2 rings (SSSR count). The van der Waals surface area contributed by atoms with E-state index in [4.69, 9.17) is 0 Å². The summed E-state index contributed by atoms with van der Waals surface area (Å²) in [5, 5.41) is 10.9. The molecule has 0 unspecified atom stereocenters. The first-order chi connectivity index (χ1) is 11.4. The Kier molecular flexibility index (Phi) is 4.76. The molecule has 0 heterocycles. The molecule has 2 aromatic rings. The van der Waals surface area contributed by atoms with Crippen LogP contribution in [0, 0.1) is 24.0 Å². The maximum absolute atomic E-state index is 12.7. The monoisotopic (exact) mass is 374 g/mol. The van der Waals surface area contributed by atoms with Crippen LogP contribution in [0.2, 0.25) is 0 Å². The molecule has 25 heavy (non-hydrogen) atoms. The third kappa shape index (κ3) is 4.08. The molecule has 0 saturated carbocycles. The number of rotatable bonds is 4. The fraction of sp³-hybridized carbons (Fsp3) is 0.200. The van der Waals surface area contributed by atoms with Crippen LogP contribution in [0.1, 0.15) is 16.7 Å². The van der Waals surface area contributed by atoms with Gasteiger partial charge in [-0.3, -0.25) is 14.8 Å². The maximum atomic E-state index is 12.7. The lowest BCUT2D eigenvalue weighted by Crippen LogP contribution is -2.16. The van der Waals surface area contributed by atoms with Gasteiger partial charge >= 0.3 is 6.18 Å². The highest BCUT2D eigenvalue weighted by molar-refractivity contribution is 7.92. The molecule has 1 N–H and O–H groups in total. The summed E-state index contributed by atoms with van der Waals surface area (Å²) in [6.45, 7) is 2.96. The number of non-ortho nitro benzene ring substituents is 1. The molecule has 0 aromatic heterocycles. The standard InChI is InChI=1S/C15H13F3N2O4S/c1-9-6-13(20(21)22)8-14(10(9)2)25(23,24)19-12-5-3-4-11(7-12)15(16,17)18/h3-8,19H,1-2H3. The Morgan fingerprint density at radius 3 is 2.32 bits per heavy atom. The van der Waals surface area contributed by atoms with Crippen LogP contribution in [0.4, 0.5) is 24.5 Å². The molecule has 0 bridgehead atoms. The van der Waals surface area contributed by atoms with Gasteiger partial charge in [0, 0.05) is 17.8 Å². The van der Waals surface area contributed by atoms with Crippen LogP contribution >= 0.6 is 0 Å². The average molecular weight is 374 g/mol. The van der Waals surface area contributed by atoms with Crippen molar-refractivity contribution in [3.63, 3.8) is 0 Å². The van der Waals surface area contributed by atoms with E-state index in [1.54, 1.807) is 0 Å². The van der Waals surface area contributed by atoms with Crippen LogP contribution in [0.25, 0.3) is 0 Å². The van der Waals surface area contributed by atoms with Gasteiger partial charge in [0.25, 0.3) is 15.7 Å². The molecule has 0 fully saturated rings. The van der Waals surface area contributed by atoms with Crippen molar-refractivity contribution in [1.82, 2.24) is 0 Å². The SMILES string of the molecule is Cc1cc([N+](=O)[O-])cc(S(=O)(=O)Nc2cccc(C(F)(F)F)c2)c1C. The molecule has 0 atom stereocenters. The van der Waals surface area contributed by atoms with Gasteiger partial charge in [-0.05, 0) is 43.2 Å². The number of aryl methyl sites for hydroxylation is 1. The lowest BCUT2D eigenvalue weighted by molar-refractivity contribution is -0.385. The quantitative estimate of drug-likeness (QED) is 0.646. The summed E-state index contributed by atoms with van der Waals surface area (Å²) < 4.78 is 65.2. The second-order valence-electron chi connectivity index (χ2n) is 5.33. The van der Waals surface area contributed by atoms with Crippen LogP contribution in [0.5, 0.6) is 0 Å². The zero-order valence-corrected chi connectivity index (χ0v) is 13.9. The van der Waals surface area contributed by atoms with E-state index in [1.807, 2.05) is 4.72 Å². The lowest BCUT2D eigenvalue weighted by atomic mass is 10.1. The van der Waals surface area contributed by atoms with Crippen molar-refractivity contribution in [3.05, 3.63) is 63.2 Å². The van der Waals surface area contributed by atoms with Gasteiger partial charge in [0.05, 0.1) is 15.4 Å². The van der Waals surface area contributed by atoms with Crippen molar-refractivity contribution < 1.29 is 26.5 Å². The van der Waals surface area contributed by atoms with Gasteiger partial charge in [-0.1, -0.05) is 6.07 Å². The summed E-state index contributed by atoms with van der Waals surface area (Å²) in [5.41, 5.74) is -1.09. The zero-order chi connectivity index (χ0) is 19.0. The first kappa shape index (κ1) is 18.7. The lowest BCUT2D eigenvalue weighted by Gasteiger charge is -2.13. The van der Waals surface area contributed by atoms with Crippen molar-refractivity contribution in [2.45, 2.75) is 24.9 Å². The predicted octanol–water partition coefficient (Wildman–Crippen LogP) is 4.03. The maximum Gasteiger partial charge on any atom is 0.416 e. The number of hydrogen-bond acceptors (Lipinski definition) is 4.